The van der Waals surface area contributed by atoms with Crippen LogP contribution in [0.1, 0.15) is 5.56 Å². The molecule has 0 aliphatic carbocycles. The molecule has 0 spiro atoms. The van der Waals surface area contributed by atoms with Gasteiger partial charge < -0.3 is 4.42 Å². The van der Waals surface area contributed by atoms with Crippen LogP contribution in [0.4, 0.5) is 13.2 Å². The van der Waals surface area contributed by atoms with Crippen molar-refractivity contribution in [3.05, 3.63) is 44.7 Å². The highest BCUT2D eigenvalue weighted by molar-refractivity contribution is 9.10. The molecule has 0 saturated carbocycles. The monoisotopic (exact) mass is 306 g/mol. The van der Waals surface area contributed by atoms with Gasteiger partial charge >= 0.3 is 11.8 Å². The van der Waals surface area contributed by atoms with E-state index in [4.69, 9.17) is 4.42 Å². The third-order valence-electron chi connectivity index (χ3n) is 2.16. The average Bonchev–Trinajstić information content (AvgIpc) is 2.17. The molecule has 1 heterocycles. The fraction of sp³-hybridized carbons (Fsp3) is 0.182. The summed E-state index contributed by atoms with van der Waals surface area (Å²) in [5, 5.41) is 0.457. The second kappa shape index (κ2) is 4.18. The van der Waals surface area contributed by atoms with Crippen LogP contribution in [0.25, 0.3) is 11.0 Å². The van der Waals surface area contributed by atoms with Gasteiger partial charge in [-0.25, -0.2) is 4.79 Å². The number of hydrogen-bond donors (Lipinski definition) is 0. The van der Waals surface area contributed by atoms with Crippen molar-refractivity contribution in [2.75, 3.05) is 0 Å². The summed E-state index contributed by atoms with van der Waals surface area (Å²) in [6.45, 7) is 0. The van der Waals surface area contributed by atoms with Gasteiger partial charge in [0.05, 0.1) is 6.42 Å². The molecule has 0 amide bonds. The molecule has 2 rings (SSSR count). The summed E-state index contributed by atoms with van der Waals surface area (Å²) in [5.74, 6) is 0. The highest BCUT2D eigenvalue weighted by atomic mass is 79.9. The lowest BCUT2D eigenvalue weighted by atomic mass is 10.1. The number of rotatable bonds is 1. The van der Waals surface area contributed by atoms with Gasteiger partial charge in [-0.2, -0.15) is 13.2 Å². The maximum absolute atomic E-state index is 12.2. The van der Waals surface area contributed by atoms with E-state index in [0.29, 0.717) is 9.86 Å². The average molecular weight is 307 g/mol. The Bertz CT molecular complexity index is 616. The molecule has 0 atom stereocenters. The molecule has 0 bridgehead atoms. The van der Waals surface area contributed by atoms with Crippen molar-refractivity contribution >= 4 is 26.9 Å². The topological polar surface area (TPSA) is 30.2 Å². The number of benzene rings is 1. The van der Waals surface area contributed by atoms with Crippen molar-refractivity contribution in [1.29, 1.82) is 0 Å². The van der Waals surface area contributed by atoms with Crippen LogP contribution in [0.3, 0.4) is 0 Å². The van der Waals surface area contributed by atoms with Crippen LogP contribution >= 0.6 is 15.9 Å². The highest BCUT2D eigenvalue weighted by Crippen LogP contribution is 2.23. The van der Waals surface area contributed by atoms with Crippen molar-refractivity contribution in [1.82, 2.24) is 0 Å². The van der Waals surface area contributed by atoms with E-state index in [9.17, 15) is 18.0 Å². The first kappa shape index (κ1) is 12.2. The van der Waals surface area contributed by atoms with Crippen LogP contribution in [0.2, 0.25) is 0 Å². The van der Waals surface area contributed by atoms with E-state index in [1.165, 1.54) is 12.1 Å². The molecule has 6 heteroatoms. The molecule has 1 aromatic carbocycles. The van der Waals surface area contributed by atoms with Gasteiger partial charge in [-0.1, -0.05) is 15.9 Å². The quantitative estimate of drug-likeness (QED) is 0.753. The van der Waals surface area contributed by atoms with Gasteiger partial charge in [0, 0.05) is 15.4 Å². The van der Waals surface area contributed by atoms with Gasteiger partial charge in [-0.3, -0.25) is 0 Å². The van der Waals surface area contributed by atoms with E-state index < -0.39 is 18.2 Å². The standard InChI is InChI=1S/C11H6BrF3O2/c12-8-1-2-9-6(4-8)3-7(10(16)17-9)5-11(13,14)15/h1-4H,5H2. The first-order chi connectivity index (χ1) is 7.85. The molecular weight excluding hydrogens is 301 g/mol. The second-order valence-corrected chi connectivity index (χ2v) is 4.45. The van der Waals surface area contributed by atoms with Gasteiger partial charge in [0.2, 0.25) is 0 Å². The van der Waals surface area contributed by atoms with Crippen LogP contribution in [0, 0.1) is 0 Å². The predicted octanol–water partition coefficient (Wildman–Crippen LogP) is 3.66. The Labute approximate surface area is 102 Å². The summed E-state index contributed by atoms with van der Waals surface area (Å²) in [6, 6.07) is 5.98. The maximum Gasteiger partial charge on any atom is 0.393 e. The van der Waals surface area contributed by atoms with E-state index >= 15 is 0 Å². The minimum Gasteiger partial charge on any atom is -0.423 e. The molecule has 0 fully saturated rings. The number of fused-ring (bicyclic) bond motifs is 1. The molecular formula is C11H6BrF3O2. The molecule has 90 valence electrons. The Morgan fingerprint density at radius 3 is 2.59 bits per heavy atom. The van der Waals surface area contributed by atoms with Crippen molar-refractivity contribution in [2.45, 2.75) is 12.6 Å². The van der Waals surface area contributed by atoms with E-state index in [0.717, 1.165) is 0 Å². The lowest BCUT2D eigenvalue weighted by Crippen LogP contribution is -2.18. The zero-order valence-electron chi connectivity index (χ0n) is 8.34. The lowest BCUT2D eigenvalue weighted by Gasteiger charge is -2.05. The zero-order valence-corrected chi connectivity index (χ0v) is 9.93. The molecule has 1 aromatic heterocycles. The molecule has 2 aromatic rings. The molecule has 0 radical (unpaired) electrons. The van der Waals surface area contributed by atoms with Crippen LogP contribution in [0.5, 0.6) is 0 Å². The SMILES string of the molecule is O=c1oc2ccc(Br)cc2cc1CC(F)(F)F. The number of halogens is 4. The molecule has 2 nitrogen and oxygen atoms in total. The largest absolute Gasteiger partial charge is 0.423 e. The van der Waals surface area contributed by atoms with Gasteiger partial charge in [0.1, 0.15) is 5.58 Å². The first-order valence-corrected chi connectivity index (χ1v) is 5.43. The second-order valence-electron chi connectivity index (χ2n) is 3.53. The Hall–Kier alpha value is -1.30. The lowest BCUT2D eigenvalue weighted by molar-refractivity contribution is -0.127. The Morgan fingerprint density at radius 1 is 1.24 bits per heavy atom. The Balaban J connectivity index is 2.58. The van der Waals surface area contributed by atoms with E-state index in [1.807, 2.05) is 0 Å². The summed E-state index contributed by atoms with van der Waals surface area (Å²) >= 11 is 3.19. The van der Waals surface area contributed by atoms with Crippen LogP contribution < -0.4 is 5.63 Å². The smallest absolute Gasteiger partial charge is 0.393 e. The molecule has 0 aliphatic rings. The Morgan fingerprint density at radius 2 is 1.94 bits per heavy atom. The van der Waals surface area contributed by atoms with Crippen LogP contribution in [0.15, 0.2) is 37.9 Å². The molecule has 17 heavy (non-hydrogen) atoms. The third kappa shape index (κ3) is 2.88. The van der Waals surface area contributed by atoms with E-state index in [-0.39, 0.29) is 11.1 Å². The normalized spacial score (nSPS) is 12.0. The summed E-state index contributed by atoms with van der Waals surface area (Å²) in [4.78, 5) is 11.3. The number of hydrogen-bond acceptors (Lipinski definition) is 2. The fourth-order valence-corrected chi connectivity index (χ4v) is 1.86. The van der Waals surface area contributed by atoms with Crippen molar-refractivity contribution in [3.8, 4) is 0 Å². The van der Waals surface area contributed by atoms with Gasteiger partial charge in [-0.05, 0) is 24.3 Å². The van der Waals surface area contributed by atoms with Crippen molar-refractivity contribution < 1.29 is 17.6 Å². The third-order valence-corrected chi connectivity index (χ3v) is 2.65. The molecule has 0 saturated heterocycles. The maximum atomic E-state index is 12.2. The summed E-state index contributed by atoms with van der Waals surface area (Å²) < 4.78 is 42.2. The highest BCUT2D eigenvalue weighted by Gasteiger charge is 2.29. The summed E-state index contributed by atoms with van der Waals surface area (Å²) in [7, 11) is 0. The fourth-order valence-electron chi connectivity index (χ4n) is 1.48. The van der Waals surface area contributed by atoms with Crippen molar-refractivity contribution in [2.24, 2.45) is 0 Å². The summed E-state index contributed by atoms with van der Waals surface area (Å²) in [5.41, 5.74) is -1.07. The molecule has 0 unspecified atom stereocenters. The van der Waals surface area contributed by atoms with Gasteiger partial charge in [-0.15, -0.1) is 0 Å². The minimum atomic E-state index is -4.42. The Kier molecular flexibility index (Phi) is 2.99. The number of alkyl halides is 3. The molecule has 0 N–H and O–H groups in total. The van der Waals surface area contributed by atoms with E-state index in [1.54, 1.807) is 12.1 Å². The van der Waals surface area contributed by atoms with Crippen LogP contribution in [-0.4, -0.2) is 6.18 Å². The van der Waals surface area contributed by atoms with Crippen LogP contribution in [-0.2, 0) is 6.42 Å². The van der Waals surface area contributed by atoms with Crippen molar-refractivity contribution in [3.63, 3.8) is 0 Å². The predicted molar refractivity (Wildman–Crippen MR) is 59.9 cm³/mol. The first-order valence-electron chi connectivity index (χ1n) is 4.64. The minimum absolute atomic E-state index is 0.268. The zero-order chi connectivity index (χ0) is 12.6. The summed E-state index contributed by atoms with van der Waals surface area (Å²) in [6.07, 6.45) is -5.70. The molecule has 0 aliphatic heterocycles. The van der Waals surface area contributed by atoms with Gasteiger partial charge in [0.15, 0.2) is 0 Å². The van der Waals surface area contributed by atoms with Gasteiger partial charge in [0.25, 0.3) is 0 Å². The van der Waals surface area contributed by atoms with E-state index in [2.05, 4.69) is 15.9 Å².